The average Bonchev–Trinajstić information content (AvgIpc) is 3.26. The van der Waals surface area contributed by atoms with Crippen molar-refractivity contribution in [2.45, 2.75) is 62.7 Å². The Balaban J connectivity index is 1.28. The highest BCUT2D eigenvalue weighted by atomic mass is 19.1. The van der Waals surface area contributed by atoms with Gasteiger partial charge in [0.2, 0.25) is 0 Å². The van der Waals surface area contributed by atoms with E-state index in [1.54, 1.807) is 6.08 Å². The Bertz CT molecular complexity index is 1230. The molecule has 3 N–H and O–H groups in total. The first kappa shape index (κ1) is 23.5. The summed E-state index contributed by atoms with van der Waals surface area (Å²) in [5.74, 6) is -0.648. The molecule has 184 valence electrons. The van der Waals surface area contributed by atoms with Gasteiger partial charge in [0.15, 0.2) is 0 Å². The van der Waals surface area contributed by atoms with Crippen LogP contribution in [-0.2, 0) is 4.79 Å². The van der Waals surface area contributed by atoms with Crippen LogP contribution in [0, 0.1) is 5.92 Å². The highest BCUT2D eigenvalue weighted by Crippen LogP contribution is 2.41. The molecule has 2 aliphatic carbocycles. The van der Waals surface area contributed by atoms with E-state index >= 15 is 8.78 Å². The molecule has 1 aromatic heterocycles. The molecule has 0 radical (unpaired) electrons. The summed E-state index contributed by atoms with van der Waals surface area (Å²) in [7, 11) is 1.82. The first-order valence-electron chi connectivity index (χ1n) is 12.4. The van der Waals surface area contributed by atoms with Gasteiger partial charge in [-0.3, -0.25) is 4.79 Å². The number of halogens is 2. The minimum absolute atomic E-state index is 0.142. The van der Waals surface area contributed by atoms with Gasteiger partial charge >= 0.3 is 5.97 Å². The molecule has 1 fully saturated rings. The maximum absolute atomic E-state index is 15.3. The van der Waals surface area contributed by atoms with E-state index < -0.39 is 24.2 Å². The SMILES string of the molecule is CNc1ccc2nc(C3C(F)C=C(c4ccc(C5CCC(CC(=O)O)CC5)cc4)CC3F)[nH]c2c1. The molecule has 0 spiro atoms. The number of benzene rings is 2. The summed E-state index contributed by atoms with van der Waals surface area (Å²) in [4.78, 5) is 18.5. The molecule has 0 bridgehead atoms. The van der Waals surface area contributed by atoms with Gasteiger partial charge in [0, 0.05) is 25.6 Å². The number of nitrogens with one attached hydrogen (secondary N) is 2. The van der Waals surface area contributed by atoms with E-state index in [0.29, 0.717) is 22.8 Å². The molecule has 5 nitrogen and oxygen atoms in total. The van der Waals surface area contributed by atoms with Crippen molar-refractivity contribution in [1.29, 1.82) is 0 Å². The number of imidazole rings is 1. The van der Waals surface area contributed by atoms with Crippen LogP contribution in [-0.4, -0.2) is 40.4 Å². The minimum atomic E-state index is -1.47. The number of alkyl halides is 2. The van der Waals surface area contributed by atoms with Crippen LogP contribution in [0.15, 0.2) is 48.5 Å². The summed E-state index contributed by atoms with van der Waals surface area (Å²) in [5.41, 5.74) is 5.11. The van der Waals surface area contributed by atoms with Crippen molar-refractivity contribution in [3.63, 3.8) is 0 Å². The third-order valence-corrected chi connectivity index (χ3v) is 7.68. The van der Waals surface area contributed by atoms with Crippen LogP contribution < -0.4 is 5.32 Å². The number of carboxylic acid groups (broad SMARTS) is 1. The number of aliphatic carboxylic acids is 1. The van der Waals surface area contributed by atoms with Crippen molar-refractivity contribution in [2.75, 3.05) is 12.4 Å². The van der Waals surface area contributed by atoms with Gasteiger partial charge < -0.3 is 15.4 Å². The molecule has 0 saturated heterocycles. The van der Waals surface area contributed by atoms with Gasteiger partial charge in [0.1, 0.15) is 18.2 Å². The number of rotatable bonds is 6. The minimum Gasteiger partial charge on any atom is -0.481 e. The molecule has 1 heterocycles. The fourth-order valence-corrected chi connectivity index (χ4v) is 5.70. The summed E-state index contributed by atoms with van der Waals surface area (Å²) in [5, 5.41) is 12.1. The van der Waals surface area contributed by atoms with Crippen LogP contribution >= 0.6 is 0 Å². The van der Waals surface area contributed by atoms with E-state index in [4.69, 9.17) is 5.11 Å². The quantitative estimate of drug-likeness (QED) is 0.372. The van der Waals surface area contributed by atoms with Crippen molar-refractivity contribution in [3.8, 4) is 0 Å². The van der Waals surface area contributed by atoms with Crippen LogP contribution in [0.3, 0.4) is 0 Å². The Labute approximate surface area is 203 Å². The van der Waals surface area contributed by atoms with E-state index in [0.717, 1.165) is 42.5 Å². The third kappa shape index (κ3) is 4.95. The number of H-pyrrole nitrogens is 1. The number of carboxylic acids is 1. The van der Waals surface area contributed by atoms with Crippen molar-refractivity contribution >= 4 is 28.3 Å². The standard InChI is InChI=1S/C28H31F2N3O2/c1-31-21-10-11-24-25(15-21)33-28(32-24)27-22(29)13-20(14-23(27)30)19-8-6-18(7-9-19)17-4-2-16(3-5-17)12-26(34)35/h6-11,13,15-17,22-23,27,31H,2-5,12,14H2,1H3,(H,32,33)(H,34,35). The second-order valence-corrected chi connectivity index (χ2v) is 9.92. The molecule has 0 amide bonds. The zero-order chi connectivity index (χ0) is 24.5. The van der Waals surface area contributed by atoms with Crippen LogP contribution in [0.1, 0.15) is 67.3 Å². The van der Waals surface area contributed by atoms with Gasteiger partial charge in [-0.05, 0) is 78.5 Å². The zero-order valence-electron chi connectivity index (χ0n) is 19.8. The number of nitrogens with zero attached hydrogens (tertiary/aromatic N) is 1. The van der Waals surface area contributed by atoms with Crippen molar-refractivity contribution < 1.29 is 18.7 Å². The van der Waals surface area contributed by atoms with E-state index in [2.05, 4.69) is 27.4 Å². The lowest BCUT2D eigenvalue weighted by Gasteiger charge is -2.29. The van der Waals surface area contributed by atoms with Crippen LogP contribution in [0.5, 0.6) is 0 Å². The number of aromatic amines is 1. The molecule has 3 aromatic rings. The topological polar surface area (TPSA) is 78.0 Å². The number of aromatic nitrogens is 2. The van der Waals surface area contributed by atoms with Gasteiger partial charge in [0.25, 0.3) is 0 Å². The van der Waals surface area contributed by atoms with Gasteiger partial charge in [-0.1, -0.05) is 24.3 Å². The molecule has 7 heteroatoms. The molecule has 1 saturated carbocycles. The average molecular weight is 480 g/mol. The first-order valence-corrected chi connectivity index (χ1v) is 12.4. The van der Waals surface area contributed by atoms with Gasteiger partial charge in [-0.25, -0.2) is 13.8 Å². The summed E-state index contributed by atoms with van der Waals surface area (Å²) < 4.78 is 30.6. The van der Waals surface area contributed by atoms with Crippen LogP contribution in [0.2, 0.25) is 0 Å². The van der Waals surface area contributed by atoms with E-state index in [-0.39, 0.29) is 18.8 Å². The second-order valence-electron chi connectivity index (χ2n) is 9.92. The van der Waals surface area contributed by atoms with Gasteiger partial charge in [-0.15, -0.1) is 0 Å². The zero-order valence-corrected chi connectivity index (χ0v) is 19.8. The molecular weight excluding hydrogens is 448 g/mol. The Morgan fingerprint density at radius 1 is 1.11 bits per heavy atom. The molecule has 5 rings (SSSR count). The molecule has 2 aliphatic rings. The lowest BCUT2D eigenvalue weighted by molar-refractivity contribution is -0.138. The Morgan fingerprint density at radius 3 is 2.51 bits per heavy atom. The molecule has 2 aromatic carbocycles. The lowest BCUT2D eigenvalue weighted by Crippen LogP contribution is -2.28. The molecule has 35 heavy (non-hydrogen) atoms. The fraction of sp³-hybridized carbons (Fsp3) is 0.429. The van der Waals surface area contributed by atoms with Gasteiger partial charge in [-0.2, -0.15) is 0 Å². The molecule has 3 unspecified atom stereocenters. The number of allylic oxidation sites excluding steroid dienone is 2. The summed E-state index contributed by atoms with van der Waals surface area (Å²) in [6.45, 7) is 0. The second kappa shape index (κ2) is 9.80. The predicted molar refractivity (Wildman–Crippen MR) is 134 cm³/mol. The van der Waals surface area contributed by atoms with E-state index in [1.807, 2.05) is 37.4 Å². The van der Waals surface area contributed by atoms with E-state index in [1.165, 1.54) is 5.56 Å². The van der Waals surface area contributed by atoms with Gasteiger partial charge in [0.05, 0.1) is 17.0 Å². The largest absolute Gasteiger partial charge is 0.481 e. The molecular formula is C28H31F2N3O2. The maximum Gasteiger partial charge on any atom is 0.303 e. The highest BCUT2D eigenvalue weighted by Gasteiger charge is 2.37. The highest BCUT2D eigenvalue weighted by molar-refractivity contribution is 5.79. The Hall–Kier alpha value is -3.22. The molecule has 3 atom stereocenters. The fourth-order valence-electron chi connectivity index (χ4n) is 5.70. The predicted octanol–water partition coefficient (Wildman–Crippen LogP) is 6.60. The summed E-state index contributed by atoms with van der Waals surface area (Å²) in [6.07, 6.45) is 2.90. The number of hydrogen-bond donors (Lipinski definition) is 3. The van der Waals surface area contributed by atoms with Crippen molar-refractivity contribution in [1.82, 2.24) is 9.97 Å². The monoisotopic (exact) mass is 479 g/mol. The number of hydrogen-bond acceptors (Lipinski definition) is 3. The Morgan fingerprint density at radius 2 is 1.86 bits per heavy atom. The normalized spacial score (nSPS) is 26.9. The van der Waals surface area contributed by atoms with Crippen molar-refractivity contribution in [2.24, 2.45) is 5.92 Å². The van der Waals surface area contributed by atoms with Crippen molar-refractivity contribution in [3.05, 3.63) is 65.5 Å². The number of anilines is 1. The number of carbonyl (C=O) groups is 1. The third-order valence-electron chi connectivity index (χ3n) is 7.68. The lowest BCUT2D eigenvalue weighted by atomic mass is 9.77. The summed E-state index contributed by atoms with van der Waals surface area (Å²) in [6, 6.07) is 13.7. The molecule has 0 aliphatic heterocycles. The maximum atomic E-state index is 15.3. The summed E-state index contributed by atoms with van der Waals surface area (Å²) >= 11 is 0. The number of fused-ring (bicyclic) bond motifs is 1. The van der Waals surface area contributed by atoms with E-state index in [9.17, 15) is 4.79 Å². The van der Waals surface area contributed by atoms with Crippen LogP contribution in [0.4, 0.5) is 14.5 Å². The smallest absolute Gasteiger partial charge is 0.303 e. The Kier molecular flexibility index (Phi) is 6.58. The van der Waals surface area contributed by atoms with Crippen LogP contribution in [0.25, 0.3) is 16.6 Å². The first-order chi connectivity index (χ1) is 16.9.